The molecule has 6 heteroatoms. The van der Waals surface area contributed by atoms with Crippen LogP contribution in [0.1, 0.15) is 16.7 Å². The van der Waals surface area contributed by atoms with Crippen LogP contribution in [0.25, 0.3) is 27.6 Å². The van der Waals surface area contributed by atoms with Gasteiger partial charge in [0.2, 0.25) is 0 Å². The number of hydrogen-bond donors (Lipinski definition) is 0. The molecule has 5 aromatic rings. The zero-order chi connectivity index (χ0) is 20.0. The lowest BCUT2D eigenvalue weighted by Gasteiger charge is -2.09. The van der Waals surface area contributed by atoms with E-state index in [0.717, 1.165) is 33.3 Å². The van der Waals surface area contributed by atoms with Gasteiger partial charge in [-0.05, 0) is 48.7 Å². The lowest BCUT2D eigenvalue weighted by atomic mass is 10.1. The van der Waals surface area contributed by atoms with Crippen LogP contribution >= 0.6 is 0 Å². The van der Waals surface area contributed by atoms with Crippen molar-refractivity contribution < 1.29 is 0 Å². The molecule has 29 heavy (non-hydrogen) atoms. The van der Waals surface area contributed by atoms with Crippen LogP contribution in [0.5, 0.6) is 0 Å². The fraction of sp³-hybridized carbons (Fsp3) is 0.130. The highest BCUT2D eigenvalue weighted by Crippen LogP contribution is 2.19. The molecule has 5 rings (SSSR count). The lowest BCUT2D eigenvalue weighted by Crippen LogP contribution is -2.21. The van der Waals surface area contributed by atoms with Gasteiger partial charge >= 0.3 is 0 Å². The van der Waals surface area contributed by atoms with E-state index in [4.69, 9.17) is 0 Å². The maximum atomic E-state index is 13.1. The fourth-order valence-electron chi connectivity index (χ4n) is 3.80. The first-order chi connectivity index (χ1) is 14.1. The third-order valence-electron chi connectivity index (χ3n) is 5.06. The van der Waals surface area contributed by atoms with Crippen molar-refractivity contribution in [3.63, 3.8) is 0 Å². The standard InChI is InChI=1S/C23H19N5O/c1-15-9-16(2)11-19(10-15)28-22-20(12-26-28)23(29)27(14-25-22)13-18-6-3-5-17-7-4-8-24-21(17)18/h3-12,14H,13H2,1-2H3. The molecule has 0 unspecified atom stereocenters. The number of benzene rings is 2. The molecule has 0 amide bonds. The van der Waals surface area contributed by atoms with Gasteiger partial charge in [-0.2, -0.15) is 5.10 Å². The summed E-state index contributed by atoms with van der Waals surface area (Å²) < 4.78 is 3.33. The van der Waals surface area contributed by atoms with Gasteiger partial charge in [0.05, 0.1) is 23.9 Å². The third kappa shape index (κ3) is 2.99. The lowest BCUT2D eigenvalue weighted by molar-refractivity contribution is 0.748. The molecule has 3 heterocycles. The average Bonchev–Trinajstić information content (AvgIpc) is 3.14. The normalized spacial score (nSPS) is 11.4. The second kappa shape index (κ2) is 6.67. The topological polar surface area (TPSA) is 65.6 Å². The number of aryl methyl sites for hydroxylation is 2. The number of rotatable bonds is 3. The van der Waals surface area contributed by atoms with Gasteiger partial charge in [0, 0.05) is 11.6 Å². The Labute approximate surface area is 167 Å². The van der Waals surface area contributed by atoms with Crippen LogP contribution in [-0.2, 0) is 6.54 Å². The van der Waals surface area contributed by atoms with Crippen molar-refractivity contribution in [2.75, 3.05) is 0 Å². The zero-order valence-corrected chi connectivity index (χ0v) is 16.2. The van der Waals surface area contributed by atoms with Crippen LogP contribution in [0.3, 0.4) is 0 Å². The molecule has 0 fully saturated rings. The Bertz CT molecular complexity index is 1410. The summed E-state index contributed by atoms with van der Waals surface area (Å²) in [5, 5.41) is 5.99. The van der Waals surface area contributed by atoms with Crippen molar-refractivity contribution in [2.24, 2.45) is 0 Å². The van der Waals surface area contributed by atoms with Crippen molar-refractivity contribution >= 4 is 21.9 Å². The van der Waals surface area contributed by atoms with Crippen molar-refractivity contribution in [3.05, 3.63) is 94.3 Å². The molecule has 0 atom stereocenters. The molecule has 0 aliphatic rings. The van der Waals surface area contributed by atoms with E-state index >= 15 is 0 Å². The number of pyridine rings is 1. The van der Waals surface area contributed by atoms with Gasteiger partial charge in [-0.25, -0.2) is 9.67 Å². The van der Waals surface area contributed by atoms with Gasteiger partial charge < -0.3 is 0 Å². The highest BCUT2D eigenvalue weighted by molar-refractivity contribution is 5.81. The molecule has 0 radical (unpaired) electrons. The van der Waals surface area contributed by atoms with Crippen molar-refractivity contribution in [3.8, 4) is 5.69 Å². The molecular weight excluding hydrogens is 362 g/mol. The van der Waals surface area contributed by atoms with E-state index in [1.165, 1.54) is 0 Å². The summed E-state index contributed by atoms with van der Waals surface area (Å²) in [7, 11) is 0. The molecule has 0 bridgehead atoms. The van der Waals surface area contributed by atoms with E-state index in [2.05, 4.69) is 21.1 Å². The predicted octanol–water partition coefficient (Wildman–Crippen LogP) is 3.80. The largest absolute Gasteiger partial charge is 0.294 e. The third-order valence-corrected chi connectivity index (χ3v) is 5.06. The Kier molecular flexibility index (Phi) is 3.98. The molecule has 2 aromatic carbocycles. The number of nitrogens with zero attached hydrogens (tertiary/aromatic N) is 5. The molecule has 0 aliphatic carbocycles. The molecule has 0 aliphatic heterocycles. The van der Waals surface area contributed by atoms with E-state index in [1.807, 2.05) is 56.3 Å². The molecule has 0 saturated heterocycles. The van der Waals surface area contributed by atoms with Crippen molar-refractivity contribution in [1.82, 2.24) is 24.3 Å². The maximum Gasteiger partial charge on any atom is 0.264 e. The molecular formula is C23H19N5O. The number of para-hydroxylation sites is 1. The molecule has 142 valence electrons. The summed E-state index contributed by atoms with van der Waals surface area (Å²) in [5.74, 6) is 0. The molecule has 0 spiro atoms. The van der Waals surface area contributed by atoms with E-state index in [-0.39, 0.29) is 5.56 Å². The van der Waals surface area contributed by atoms with E-state index < -0.39 is 0 Å². The summed E-state index contributed by atoms with van der Waals surface area (Å²) in [5.41, 5.74) is 5.51. The first kappa shape index (κ1) is 17.3. The second-order valence-corrected chi connectivity index (χ2v) is 7.31. The Morgan fingerprint density at radius 3 is 2.59 bits per heavy atom. The van der Waals surface area contributed by atoms with Gasteiger partial charge in [-0.15, -0.1) is 0 Å². The van der Waals surface area contributed by atoms with Crippen LogP contribution in [0.4, 0.5) is 0 Å². The van der Waals surface area contributed by atoms with Gasteiger partial charge in [-0.3, -0.25) is 14.3 Å². The first-order valence-corrected chi connectivity index (χ1v) is 9.44. The van der Waals surface area contributed by atoms with Crippen LogP contribution in [0.2, 0.25) is 0 Å². The number of fused-ring (bicyclic) bond motifs is 2. The summed E-state index contributed by atoms with van der Waals surface area (Å²) in [6, 6.07) is 16.1. The van der Waals surface area contributed by atoms with Crippen LogP contribution < -0.4 is 5.56 Å². The summed E-state index contributed by atoms with van der Waals surface area (Å²) in [4.78, 5) is 22.1. The predicted molar refractivity (Wildman–Crippen MR) is 113 cm³/mol. The Hall–Kier alpha value is -3.80. The molecule has 0 saturated carbocycles. The van der Waals surface area contributed by atoms with Crippen LogP contribution in [0, 0.1) is 13.8 Å². The smallest absolute Gasteiger partial charge is 0.264 e. The Morgan fingerprint density at radius 1 is 0.966 bits per heavy atom. The first-order valence-electron chi connectivity index (χ1n) is 9.44. The highest BCUT2D eigenvalue weighted by Gasteiger charge is 2.13. The molecule has 0 N–H and O–H groups in total. The van der Waals surface area contributed by atoms with Gasteiger partial charge in [0.15, 0.2) is 5.65 Å². The van der Waals surface area contributed by atoms with E-state index in [1.54, 1.807) is 28.0 Å². The molecule has 3 aromatic heterocycles. The molecule has 6 nitrogen and oxygen atoms in total. The van der Waals surface area contributed by atoms with Crippen LogP contribution in [0.15, 0.2) is 72.0 Å². The van der Waals surface area contributed by atoms with Gasteiger partial charge in [-0.1, -0.05) is 30.3 Å². The maximum absolute atomic E-state index is 13.1. The Morgan fingerprint density at radius 2 is 1.76 bits per heavy atom. The van der Waals surface area contributed by atoms with E-state index in [0.29, 0.717) is 17.6 Å². The quantitative estimate of drug-likeness (QED) is 0.477. The van der Waals surface area contributed by atoms with Gasteiger partial charge in [0.25, 0.3) is 5.56 Å². The average molecular weight is 381 g/mol. The summed E-state index contributed by atoms with van der Waals surface area (Å²) in [6.07, 6.45) is 4.96. The second-order valence-electron chi connectivity index (χ2n) is 7.31. The van der Waals surface area contributed by atoms with Crippen molar-refractivity contribution in [1.29, 1.82) is 0 Å². The van der Waals surface area contributed by atoms with Crippen molar-refractivity contribution in [2.45, 2.75) is 20.4 Å². The van der Waals surface area contributed by atoms with Gasteiger partial charge in [0.1, 0.15) is 11.7 Å². The zero-order valence-electron chi connectivity index (χ0n) is 16.2. The minimum atomic E-state index is -0.112. The van der Waals surface area contributed by atoms with E-state index in [9.17, 15) is 4.79 Å². The minimum Gasteiger partial charge on any atom is -0.294 e. The fourth-order valence-corrected chi connectivity index (χ4v) is 3.80. The Balaban J connectivity index is 1.60. The number of hydrogen-bond acceptors (Lipinski definition) is 4. The number of aromatic nitrogens is 5. The monoisotopic (exact) mass is 381 g/mol. The summed E-state index contributed by atoms with van der Waals surface area (Å²) in [6.45, 7) is 4.49. The van der Waals surface area contributed by atoms with Crippen LogP contribution in [-0.4, -0.2) is 24.3 Å². The summed E-state index contributed by atoms with van der Waals surface area (Å²) >= 11 is 0. The SMILES string of the molecule is Cc1cc(C)cc(-n2ncc3c(=O)n(Cc4cccc5cccnc45)cnc32)c1. The highest BCUT2D eigenvalue weighted by atomic mass is 16.1. The minimum absolute atomic E-state index is 0.112.